The lowest BCUT2D eigenvalue weighted by Gasteiger charge is -2.21. The van der Waals surface area contributed by atoms with E-state index in [1.165, 1.54) is 0 Å². The highest BCUT2D eigenvalue weighted by atomic mass is 16.2. The summed E-state index contributed by atoms with van der Waals surface area (Å²) in [5.74, 6) is -0.484. The zero-order valence-electron chi connectivity index (χ0n) is 16.6. The fourth-order valence-electron chi connectivity index (χ4n) is 3.91. The van der Waals surface area contributed by atoms with Gasteiger partial charge in [-0.1, -0.05) is 54.6 Å². The first-order chi connectivity index (χ1) is 13.9. The second-order valence-corrected chi connectivity index (χ2v) is 8.08. The smallest absolute Gasteiger partial charge is 0.325 e. The summed E-state index contributed by atoms with van der Waals surface area (Å²) in [6, 6.07) is 17.3. The number of rotatable bonds is 6. The van der Waals surface area contributed by atoms with Crippen LogP contribution in [0.1, 0.15) is 38.3 Å². The Morgan fingerprint density at radius 3 is 2.34 bits per heavy atom. The van der Waals surface area contributed by atoms with Crippen LogP contribution in [-0.4, -0.2) is 34.8 Å². The Hall–Kier alpha value is -3.15. The lowest BCUT2D eigenvalue weighted by Crippen LogP contribution is -2.47. The van der Waals surface area contributed by atoms with Gasteiger partial charge in [-0.15, -0.1) is 0 Å². The number of benzene rings is 2. The minimum atomic E-state index is -0.865. The third-order valence-corrected chi connectivity index (χ3v) is 5.89. The van der Waals surface area contributed by atoms with Gasteiger partial charge in [-0.25, -0.2) is 4.79 Å². The van der Waals surface area contributed by atoms with Crippen molar-refractivity contribution in [2.75, 3.05) is 6.54 Å². The minimum absolute atomic E-state index is 0.175. The number of imide groups is 1. The number of hydrogen-bond donors (Lipinski definition) is 2. The van der Waals surface area contributed by atoms with Crippen molar-refractivity contribution in [2.24, 2.45) is 5.92 Å². The molecule has 1 aliphatic heterocycles. The van der Waals surface area contributed by atoms with Crippen molar-refractivity contribution in [3.63, 3.8) is 0 Å². The average molecular weight is 391 g/mol. The molecule has 4 amide bonds. The van der Waals surface area contributed by atoms with Crippen LogP contribution >= 0.6 is 0 Å². The first-order valence-corrected chi connectivity index (χ1v) is 9.97. The topological polar surface area (TPSA) is 78.5 Å². The SMILES string of the molecule is C[C@@H](NC(=O)CN1C(=O)N[C@](C)(C2CC2)C1=O)c1ccc(-c2ccccc2)cc1. The number of amides is 4. The molecular weight excluding hydrogens is 366 g/mol. The summed E-state index contributed by atoms with van der Waals surface area (Å²) in [4.78, 5) is 38.4. The van der Waals surface area contributed by atoms with Gasteiger partial charge in [-0.05, 0) is 49.3 Å². The van der Waals surface area contributed by atoms with E-state index in [0.29, 0.717) is 0 Å². The first-order valence-electron chi connectivity index (χ1n) is 9.97. The zero-order valence-corrected chi connectivity index (χ0v) is 16.6. The summed E-state index contributed by atoms with van der Waals surface area (Å²) in [7, 11) is 0. The Morgan fingerprint density at radius 1 is 1.10 bits per heavy atom. The second-order valence-electron chi connectivity index (χ2n) is 8.08. The van der Waals surface area contributed by atoms with Gasteiger partial charge in [0, 0.05) is 0 Å². The van der Waals surface area contributed by atoms with Crippen molar-refractivity contribution in [3.05, 3.63) is 60.2 Å². The normalized spacial score (nSPS) is 22.3. The maximum absolute atomic E-state index is 12.6. The lowest BCUT2D eigenvalue weighted by molar-refractivity contribution is -0.135. The molecule has 0 spiro atoms. The number of nitrogens with one attached hydrogen (secondary N) is 2. The third-order valence-electron chi connectivity index (χ3n) is 5.89. The molecule has 2 aliphatic rings. The van der Waals surface area contributed by atoms with Crippen LogP contribution in [0.4, 0.5) is 4.79 Å². The number of urea groups is 1. The van der Waals surface area contributed by atoms with E-state index in [-0.39, 0.29) is 30.3 Å². The Labute approximate surface area is 170 Å². The molecule has 29 heavy (non-hydrogen) atoms. The van der Waals surface area contributed by atoms with Crippen LogP contribution in [0.25, 0.3) is 11.1 Å². The van der Waals surface area contributed by atoms with Crippen molar-refractivity contribution in [1.29, 1.82) is 0 Å². The van der Waals surface area contributed by atoms with Gasteiger partial charge >= 0.3 is 6.03 Å². The average Bonchev–Trinajstić information content (AvgIpc) is 3.55. The molecule has 150 valence electrons. The minimum Gasteiger partial charge on any atom is -0.348 e. The summed E-state index contributed by atoms with van der Waals surface area (Å²) in [6.45, 7) is 3.37. The van der Waals surface area contributed by atoms with Crippen LogP contribution in [0.15, 0.2) is 54.6 Å². The van der Waals surface area contributed by atoms with Gasteiger partial charge in [-0.3, -0.25) is 14.5 Å². The molecule has 6 nitrogen and oxygen atoms in total. The molecule has 1 aliphatic carbocycles. The van der Waals surface area contributed by atoms with E-state index < -0.39 is 11.6 Å². The van der Waals surface area contributed by atoms with Gasteiger partial charge in [0.2, 0.25) is 5.91 Å². The molecule has 0 radical (unpaired) electrons. The monoisotopic (exact) mass is 391 g/mol. The van der Waals surface area contributed by atoms with Gasteiger partial charge in [0.15, 0.2) is 0 Å². The molecule has 0 aromatic heterocycles. The molecule has 2 fully saturated rings. The molecule has 4 rings (SSSR count). The zero-order chi connectivity index (χ0) is 20.6. The van der Waals surface area contributed by atoms with Crippen molar-refractivity contribution in [3.8, 4) is 11.1 Å². The summed E-state index contributed by atoms with van der Waals surface area (Å²) in [6.07, 6.45) is 1.86. The standard InChI is InChI=1S/C23H25N3O3/c1-15(16-8-10-18(11-9-16)17-6-4-3-5-7-17)24-20(27)14-26-21(28)23(2,19-12-13-19)25-22(26)29/h3-11,15,19H,12-14H2,1-2H3,(H,24,27)(H,25,29)/t15-,23-/m1/s1. The fraction of sp³-hybridized carbons (Fsp3) is 0.348. The molecule has 1 saturated heterocycles. The van der Waals surface area contributed by atoms with Crippen molar-refractivity contribution >= 4 is 17.8 Å². The lowest BCUT2D eigenvalue weighted by atomic mass is 9.96. The molecule has 1 heterocycles. The maximum Gasteiger partial charge on any atom is 0.325 e. The van der Waals surface area contributed by atoms with Crippen LogP contribution in [0.5, 0.6) is 0 Å². The molecule has 2 aromatic rings. The highest BCUT2D eigenvalue weighted by molar-refractivity contribution is 6.09. The molecule has 6 heteroatoms. The largest absolute Gasteiger partial charge is 0.348 e. The van der Waals surface area contributed by atoms with E-state index in [1.54, 1.807) is 6.92 Å². The Bertz CT molecular complexity index is 938. The highest BCUT2D eigenvalue weighted by Crippen LogP contribution is 2.42. The Morgan fingerprint density at radius 2 is 1.72 bits per heavy atom. The second kappa shape index (κ2) is 7.35. The van der Waals surface area contributed by atoms with Gasteiger partial charge in [-0.2, -0.15) is 0 Å². The van der Waals surface area contributed by atoms with Gasteiger partial charge < -0.3 is 10.6 Å². The predicted octanol–water partition coefficient (Wildman–Crippen LogP) is 3.25. The Kier molecular flexibility index (Phi) is 4.86. The first kappa shape index (κ1) is 19.2. The van der Waals surface area contributed by atoms with Gasteiger partial charge in [0.05, 0.1) is 6.04 Å². The van der Waals surface area contributed by atoms with Gasteiger partial charge in [0.25, 0.3) is 5.91 Å². The quantitative estimate of drug-likeness (QED) is 0.742. The third kappa shape index (κ3) is 3.75. The highest BCUT2D eigenvalue weighted by Gasteiger charge is 2.56. The van der Waals surface area contributed by atoms with E-state index >= 15 is 0 Å². The molecule has 2 atom stereocenters. The van der Waals surface area contributed by atoms with E-state index in [2.05, 4.69) is 10.6 Å². The fourth-order valence-corrected chi connectivity index (χ4v) is 3.91. The number of carbonyl (C=O) groups excluding carboxylic acids is 3. The van der Waals surface area contributed by atoms with Crippen LogP contribution in [0.2, 0.25) is 0 Å². The predicted molar refractivity (Wildman–Crippen MR) is 110 cm³/mol. The molecule has 1 saturated carbocycles. The van der Waals surface area contributed by atoms with Crippen molar-refractivity contribution in [1.82, 2.24) is 15.5 Å². The van der Waals surface area contributed by atoms with Crippen LogP contribution in [0, 0.1) is 5.92 Å². The van der Waals surface area contributed by atoms with Crippen LogP contribution in [-0.2, 0) is 9.59 Å². The molecule has 0 unspecified atom stereocenters. The van der Waals surface area contributed by atoms with Gasteiger partial charge in [0.1, 0.15) is 12.1 Å². The van der Waals surface area contributed by atoms with Crippen molar-refractivity contribution in [2.45, 2.75) is 38.3 Å². The Balaban J connectivity index is 1.37. The molecule has 0 bridgehead atoms. The van der Waals surface area contributed by atoms with Crippen LogP contribution < -0.4 is 10.6 Å². The molecule has 2 N–H and O–H groups in total. The van der Waals surface area contributed by atoms with E-state index in [0.717, 1.165) is 34.4 Å². The van der Waals surface area contributed by atoms with Crippen molar-refractivity contribution < 1.29 is 14.4 Å². The molecular formula is C23H25N3O3. The summed E-state index contributed by atoms with van der Waals surface area (Å²) in [5.41, 5.74) is 2.33. The summed E-state index contributed by atoms with van der Waals surface area (Å²) in [5, 5.41) is 5.64. The number of carbonyl (C=O) groups is 3. The van der Waals surface area contributed by atoms with Crippen LogP contribution in [0.3, 0.4) is 0 Å². The van der Waals surface area contributed by atoms with E-state index in [4.69, 9.17) is 0 Å². The maximum atomic E-state index is 12.6. The number of hydrogen-bond acceptors (Lipinski definition) is 3. The summed E-state index contributed by atoms with van der Waals surface area (Å²) < 4.78 is 0. The van der Waals surface area contributed by atoms with E-state index in [1.807, 2.05) is 61.5 Å². The van der Waals surface area contributed by atoms with E-state index in [9.17, 15) is 14.4 Å². The molecule has 2 aromatic carbocycles. The summed E-state index contributed by atoms with van der Waals surface area (Å²) >= 11 is 0. The number of nitrogens with zero attached hydrogens (tertiary/aromatic N) is 1.